The van der Waals surface area contributed by atoms with Crippen LogP contribution in [0, 0.1) is 20.2 Å². The number of nitro groups is 2. The van der Waals surface area contributed by atoms with E-state index in [0.29, 0.717) is 11.5 Å². The molecule has 16 nitrogen and oxygen atoms in total. The monoisotopic (exact) mass is 620 g/mol. The summed E-state index contributed by atoms with van der Waals surface area (Å²) in [6, 6.07) is 17.7. The van der Waals surface area contributed by atoms with Crippen molar-refractivity contribution in [3.63, 3.8) is 0 Å². The summed E-state index contributed by atoms with van der Waals surface area (Å²) in [5, 5.41) is 40.6. The molecule has 2 N–H and O–H groups in total. The van der Waals surface area contributed by atoms with Crippen LogP contribution in [0.15, 0.2) is 84.9 Å². The number of aromatic carboxylic acids is 2. The molecule has 0 bridgehead atoms. The highest BCUT2D eigenvalue weighted by atomic mass is 17.2. The first-order valence-electron chi connectivity index (χ1n) is 12.5. The van der Waals surface area contributed by atoms with E-state index in [-0.39, 0.29) is 41.7 Å². The highest BCUT2D eigenvalue weighted by Crippen LogP contribution is 2.24. The van der Waals surface area contributed by atoms with E-state index in [0.717, 1.165) is 36.4 Å². The van der Waals surface area contributed by atoms with E-state index < -0.39 is 44.6 Å². The summed E-state index contributed by atoms with van der Waals surface area (Å²) >= 11 is 0. The number of carboxylic acid groups (broad SMARTS) is 2. The first-order chi connectivity index (χ1) is 21.5. The van der Waals surface area contributed by atoms with E-state index in [9.17, 15) is 44.8 Å². The first kappa shape index (κ1) is 31.4. The molecular weight excluding hydrogens is 600 g/mol. The minimum atomic E-state index is -1.45. The van der Waals surface area contributed by atoms with Crippen molar-refractivity contribution in [2.24, 2.45) is 0 Å². The number of non-ortho nitro benzene ring substituents is 2. The normalized spacial score (nSPS) is 10.4. The zero-order valence-electron chi connectivity index (χ0n) is 22.7. The summed E-state index contributed by atoms with van der Waals surface area (Å²) in [6.45, 7) is -0.595. The zero-order chi connectivity index (χ0) is 32.5. The van der Waals surface area contributed by atoms with E-state index in [1.54, 1.807) is 0 Å². The predicted octanol–water partition coefficient (Wildman–Crippen LogP) is 5.04. The molecule has 45 heavy (non-hydrogen) atoms. The van der Waals surface area contributed by atoms with Crippen molar-refractivity contribution in [3.05, 3.63) is 127 Å². The second kappa shape index (κ2) is 14.1. The van der Waals surface area contributed by atoms with Gasteiger partial charge in [0.2, 0.25) is 6.79 Å². The number of carbonyl (C=O) groups is 3. The summed E-state index contributed by atoms with van der Waals surface area (Å²) < 4.78 is 16.1. The van der Waals surface area contributed by atoms with Gasteiger partial charge in [-0.25, -0.2) is 14.4 Å². The summed E-state index contributed by atoms with van der Waals surface area (Å²) in [7, 11) is 0. The minimum Gasteiger partial charge on any atom is -0.478 e. The number of ether oxygens (including phenoxy) is 3. The zero-order valence-corrected chi connectivity index (χ0v) is 22.7. The maximum atomic E-state index is 12.5. The Morgan fingerprint density at radius 1 is 0.622 bits per heavy atom. The molecule has 4 aromatic carbocycles. The third-order valence-corrected chi connectivity index (χ3v) is 5.87. The molecule has 4 rings (SSSR count). The molecule has 0 amide bonds. The molecule has 4 aromatic rings. The summed E-state index contributed by atoms with van der Waals surface area (Å²) in [5.74, 6) is -2.86. The first-order valence-corrected chi connectivity index (χ1v) is 12.5. The average Bonchev–Trinajstić information content (AvgIpc) is 3.02. The molecule has 0 saturated carbocycles. The van der Waals surface area contributed by atoms with Gasteiger partial charge in [0.25, 0.3) is 11.4 Å². The lowest BCUT2D eigenvalue weighted by molar-refractivity contribution is -0.385. The van der Waals surface area contributed by atoms with Gasteiger partial charge in [0.15, 0.2) is 5.75 Å². The van der Waals surface area contributed by atoms with Gasteiger partial charge in [-0.05, 0) is 60.7 Å². The Hall–Kier alpha value is -6.55. The maximum absolute atomic E-state index is 12.5. The Morgan fingerprint density at radius 3 is 1.64 bits per heavy atom. The average molecular weight is 620 g/mol. The molecule has 0 unspecified atom stereocenters. The molecule has 0 radical (unpaired) electrons. The summed E-state index contributed by atoms with van der Waals surface area (Å²) in [6.07, 6.45) is 0. The van der Waals surface area contributed by atoms with Gasteiger partial charge in [-0.2, -0.15) is 4.89 Å². The smallest absolute Gasteiger partial charge is 0.344 e. The highest BCUT2D eigenvalue weighted by molar-refractivity contribution is 6.03. The lowest BCUT2D eigenvalue weighted by atomic mass is 10.1. The van der Waals surface area contributed by atoms with Gasteiger partial charge in [-0.15, -0.1) is 0 Å². The van der Waals surface area contributed by atoms with Crippen LogP contribution in [-0.2, 0) is 11.5 Å². The van der Waals surface area contributed by atoms with Crippen LogP contribution in [0.4, 0.5) is 11.4 Å². The number of nitro benzene ring substituents is 2. The Morgan fingerprint density at radius 2 is 1.11 bits per heavy atom. The van der Waals surface area contributed by atoms with Crippen LogP contribution in [-0.4, -0.2) is 44.8 Å². The van der Waals surface area contributed by atoms with Crippen molar-refractivity contribution in [2.75, 3.05) is 6.79 Å². The Labute approximate surface area is 251 Å². The van der Waals surface area contributed by atoms with Crippen LogP contribution < -0.4 is 19.1 Å². The summed E-state index contributed by atoms with van der Waals surface area (Å²) in [4.78, 5) is 66.1. The lowest BCUT2D eigenvalue weighted by Crippen LogP contribution is -2.14. The molecule has 0 heterocycles. The van der Waals surface area contributed by atoms with Gasteiger partial charge in [-0.3, -0.25) is 20.2 Å². The molecule has 0 spiro atoms. The van der Waals surface area contributed by atoms with E-state index in [1.165, 1.54) is 48.5 Å². The Bertz CT molecular complexity index is 1750. The number of carboxylic acids is 2. The highest BCUT2D eigenvalue weighted by Gasteiger charge is 2.22. The topological polar surface area (TPSA) is 224 Å². The number of nitrogens with zero attached hydrogens (tertiary/aromatic N) is 2. The van der Waals surface area contributed by atoms with Crippen LogP contribution in [0.5, 0.6) is 23.0 Å². The Kier molecular flexibility index (Phi) is 9.82. The maximum Gasteiger partial charge on any atom is 0.344 e. The number of hydrogen-bond donors (Lipinski definition) is 2. The van der Waals surface area contributed by atoms with Crippen LogP contribution in [0.3, 0.4) is 0 Å². The molecule has 0 aromatic heterocycles. The fraction of sp³-hybridized carbons (Fsp3) is 0.0690. The quantitative estimate of drug-likeness (QED) is 0.0470. The molecular formula is C29H20N2O14. The molecule has 0 atom stereocenters. The van der Waals surface area contributed by atoms with E-state index in [2.05, 4.69) is 0 Å². The van der Waals surface area contributed by atoms with Gasteiger partial charge in [0.05, 0.1) is 26.5 Å². The van der Waals surface area contributed by atoms with Crippen LogP contribution in [0.2, 0.25) is 0 Å². The number of rotatable bonds is 14. The third-order valence-electron chi connectivity index (χ3n) is 5.87. The predicted molar refractivity (Wildman–Crippen MR) is 149 cm³/mol. The molecule has 16 heteroatoms. The number of carbonyl (C=O) groups excluding carboxylic acids is 1. The largest absolute Gasteiger partial charge is 0.478 e. The van der Waals surface area contributed by atoms with Gasteiger partial charge < -0.3 is 29.3 Å². The molecule has 0 fully saturated rings. The summed E-state index contributed by atoms with van der Waals surface area (Å²) in [5.41, 5.74) is -1.82. The van der Waals surface area contributed by atoms with Gasteiger partial charge in [0, 0.05) is 29.8 Å². The van der Waals surface area contributed by atoms with Crippen LogP contribution in [0.1, 0.15) is 36.6 Å². The molecule has 0 aliphatic rings. The van der Waals surface area contributed by atoms with Crippen molar-refractivity contribution in [1.82, 2.24) is 0 Å². The molecule has 0 saturated heterocycles. The lowest BCUT2D eigenvalue weighted by Gasteiger charge is -2.11. The van der Waals surface area contributed by atoms with E-state index in [4.69, 9.17) is 24.0 Å². The Balaban J connectivity index is 1.26. The van der Waals surface area contributed by atoms with Crippen molar-refractivity contribution in [1.29, 1.82) is 0 Å². The fourth-order valence-electron chi connectivity index (χ4n) is 3.71. The van der Waals surface area contributed by atoms with Gasteiger partial charge in [0.1, 0.15) is 23.9 Å². The number of esters is 1. The van der Waals surface area contributed by atoms with Crippen LogP contribution in [0.25, 0.3) is 0 Å². The van der Waals surface area contributed by atoms with E-state index in [1.807, 2.05) is 0 Å². The van der Waals surface area contributed by atoms with Crippen molar-refractivity contribution in [3.8, 4) is 23.0 Å². The van der Waals surface area contributed by atoms with Crippen molar-refractivity contribution in [2.45, 2.75) is 6.61 Å². The van der Waals surface area contributed by atoms with Crippen LogP contribution >= 0.6 is 0 Å². The van der Waals surface area contributed by atoms with Crippen molar-refractivity contribution >= 4 is 29.3 Å². The second-order valence-electron chi connectivity index (χ2n) is 8.78. The van der Waals surface area contributed by atoms with Gasteiger partial charge in [-0.1, -0.05) is 0 Å². The standard InChI is InChI=1S/C29H20N2O14/c32-27(33)24-11-1-18(30(37)38)13-17(24)15-43-45-23-9-5-21(6-10-23)42-16-41-20-3-7-22(8-4-20)44-29(36)26-14-19(31(39)40)2-12-25(26)28(34)35/h1-14H,15-16H2,(H,32,33)(H,34,35). The SMILES string of the molecule is O=C(O)c1ccc([N+](=O)[O-])cc1COOc1ccc(OCOc2ccc(OC(=O)c3cc([N+](=O)[O-])ccc3C(=O)O)cc2)cc1. The third kappa shape index (κ3) is 8.27. The second-order valence-corrected chi connectivity index (χ2v) is 8.78. The molecule has 0 aliphatic heterocycles. The molecule has 230 valence electrons. The van der Waals surface area contributed by atoms with Gasteiger partial charge >= 0.3 is 17.9 Å². The van der Waals surface area contributed by atoms with Crippen molar-refractivity contribution < 1.29 is 58.4 Å². The number of hydrogen-bond acceptors (Lipinski definition) is 12. The van der Waals surface area contributed by atoms with E-state index >= 15 is 0 Å². The fourth-order valence-corrected chi connectivity index (χ4v) is 3.71. The minimum absolute atomic E-state index is 0.0265. The molecule has 0 aliphatic carbocycles. The number of benzene rings is 4.